The summed E-state index contributed by atoms with van der Waals surface area (Å²) in [5.41, 5.74) is 3.45. The van der Waals surface area contributed by atoms with Gasteiger partial charge in [0.2, 0.25) is 0 Å². The fourth-order valence-electron chi connectivity index (χ4n) is 3.92. The van der Waals surface area contributed by atoms with Gasteiger partial charge in [-0.3, -0.25) is 19.3 Å². The lowest BCUT2D eigenvalue weighted by Gasteiger charge is -2.16. The van der Waals surface area contributed by atoms with Crippen LogP contribution in [-0.2, 0) is 13.0 Å². The van der Waals surface area contributed by atoms with Gasteiger partial charge >= 0.3 is 0 Å². The van der Waals surface area contributed by atoms with Crippen molar-refractivity contribution in [1.82, 2.24) is 19.5 Å². The maximum atomic E-state index is 14.0. The van der Waals surface area contributed by atoms with Gasteiger partial charge < -0.3 is 0 Å². The second-order valence-electron chi connectivity index (χ2n) is 7.85. The Hall–Kier alpha value is -3.97. The lowest BCUT2D eigenvalue weighted by molar-refractivity contribution is 0.626. The molecular weight excluding hydrogens is 447 g/mol. The number of thiophene rings is 1. The first kappa shape index (κ1) is 21.9. The zero-order valence-corrected chi connectivity index (χ0v) is 19.3. The van der Waals surface area contributed by atoms with Crippen LogP contribution in [-0.4, -0.2) is 19.5 Å². The summed E-state index contributed by atoms with van der Waals surface area (Å²) < 4.78 is 15.7. The minimum absolute atomic E-state index is 0.143. The first-order valence-electron chi connectivity index (χ1n) is 10.9. The van der Waals surface area contributed by atoms with Gasteiger partial charge in [0.1, 0.15) is 11.6 Å². The van der Waals surface area contributed by atoms with E-state index in [4.69, 9.17) is 4.98 Å². The molecule has 0 fully saturated rings. The van der Waals surface area contributed by atoms with Crippen LogP contribution in [0.3, 0.4) is 0 Å². The molecule has 168 valence electrons. The highest BCUT2D eigenvalue weighted by atomic mass is 32.1. The molecule has 3 heterocycles. The zero-order chi connectivity index (χ0) is 23.5. The van der Waals surface area contributed by atoms with Crippen molar-refractivity contribution < 1.29 is 4.39 Å². The van der Waals surface area contributed by atoms with Crippen molar-refractivity contribution in [2.75, 3.05) is 0 Å². The lowest BCUT2D eigenvalue weighted by atomic mass is 10.1. The Bertz CT molecular complexity index is 1500. The normalized spacial score (nSPS) is 11.0. The number of halogens is 1. The van der Waals surface area contributed by atoms with E-state index in [9.17, 15) is 9.18 Å². The van der Waals surface area contributed by atoms with Crippen molar-refractivity contribution >= 4 is 11.3 Å². The molecule has 0 unspecified atom stereocenters. The molecule has 34 heavy (non-hydrogen) atoms. The van der Waals surface area contributed by atoms with Crippen LogP contribution in [0.15, 0.2) is 90.1 Å². The van der Waals surface area contributed by atoms with E-state index in [-0.39, 0.29) is 11.4 Å². The molecule has 0 bridgehead atoms. The van der Waals surface area contributed by atoms with E-state index in [0.29, 0.717) is 35.6 Å². The Morgan fingerprint density at radius 2 is 1.79 bits per heavy atom. The molecular formula is C27H21FN4OS. The topological polar surface area (TPSA) is 60.7 Å². The first-order chi connectivity index (χ1) is 16.6. The van der Waals surface area contributed by atoms with Crippen molar-refractivity contribution in [3.8, 4) is 32.4 Å². The van der Waals surface area contributed by atoms with Crippen LogP contribution in [0.25, 0.3) is 32.4 Å². The molecule has 5 aromatic rings. The molecule has 0 saturated carbocycles. The van der Waals surface area contributed by atoms with E-state index in [1.165, 1.54) is 23.5 Å². The monoisotopic (exact) mass is 468 g/mol. The van der Waals surface area contributed by atoms with Crippen LogP contribution in [0.5, 0.6) is 0 Å². The largest absolute Gasteiger partial charge is 0.292 e. The van der Waals surface area contributed by atoms with Crippen molar-refractivity contribution in [1.29, 1.82) is 0 Å². The van der Waals surface area contributed by atoms with Gasteiger partial charge in [-0.05, 0) is 43.2 Å². The number of rotatable bonds is 6. The van der Waals surface area contributed by atoms with Gasteiger partial charge in [0, 0.05) is 29.4 Å². The van der Waals surface area contributed by atoms with Crippen molar-refractivity contribution in [2.45, 2.75) is 19.9 Å². The molecule has 0 atom stereocenters. The second kappa shape index (κ2) is 9.49. The second-order valence-corrected chi connectivity index (χ2v) is 8.94. The number of benzene rings is 2. The molecule has 5 nitrogen and oxygen atoms in total. The molecule has 0 aliphatic carbocycles. The molecule has 0 N–H and O–H groups in total. The molecule has 0 aliphatic heterocycles. The third-order valence-corrected chi connectivity index (χ3v) is 6.69. The standard InChI is InChI=1S/C27H21FN4OS/c1-18-25(24-11-10-23(34-24)22-17-29-13-14-30-22)27(33)32(15-12-19-6-3-2-4-7-19)26(31-18)20-8-5-9-21(28)16-20/h2-11,13-14,16-17H,12,15H2,1H3. The van der Waals surface area contributed by atoms with Crippen LogP contribution in [0, 0.1) is 12.7 Å². The Morgan fingerprint density at radius 3 is 2.56 bits per heavy atom. The lowest BCUT2D eigenvalue weighted by Crippen LogP contribution is -2.26. The molecule has 0 radical (unpaired) electrons. The SMILES string of the molecule is Cc1nc(-c2cccc(F)c2)n(CCc2ccccc2)c(=O)c1-c1ccc(-c2cnccn2)s1. The van der Waals surface area contributed by atoms with Gasteiger partial charge in [-0.1, -0.05) is 42.5 Å². The third kappa shape index (κ3) is 4.43. The van der Waals surface area contributed by atoms with Gasteiger partial charge in [-0.15, -0.1) is 11.3 Å². The van der Waals surface area contributed by atoms with Crippen molar-refractivity contribution in [3.63, 3.8) is 0 Å². The predicted octanol–water partition coefficient (Wildman–Crippen LogP) is 5.79. The minimum atomic E-state index is -0.366. The summed E-state index contributed by atoms with van der Waals surface area (Å²) in [5, 5.41) is 0. The molecule has 0 spiro atoms. The van der Waals surface area contributed by atoms with Crippen LogP contribution >= 0.6 is 11.3 Å². The Morgan fingerprint density at radius 1 is 0.971 bits per heavy atom. The highest BCUT2D eigenvalue weighted by Gasteiger charge is 2.19. The van der Waals surface area contributed by atoms with Gasteiger partial charge in [0.25, 0.3) is 5.56 Å². The molecule has 2 aromatic carbocycles. The number of hydrogen-bond acceptors (Lipinski definition) is 5. The van der Waals surface area contributed by atoms with Crippen molar-refractivity contribution in [3.05, 3.63) is 113 Å². The van der Waals surface area contributed by atoms with Gasteiger partial charge in [0.15, 0.2) is 0 Å². The highest BCUT2D eigenvalue weighted by molar-refractivity contribution is 7.18. The molecule has 0 amide bonds. The molecule has 7 heteroatoms. The molecule has 0 saturated heterocycles. The summed E-state index contributed by atoms with van der Waals surface area (Å²) in [5.74, 6) is 0.0994. The summed E-state index contributed by atoms with van der Waals surface area (Å²) in [4.78, 5) is 28.9. The van der Waals surface area contributed by atoms with Crippen molar-refractivity contribution in [2.24, 2.45) is 0 Å². The van der Waals surface area contributed by atoms with Crippen LogP contribution in [0.2, 0.25) is 0 Å². The summed E-state index contributed by atoms with van der Waals surface area (Å²) in [6.07, 6.45) is 5.63. The van der Waals surface area contributed by atoms with Gasteiger partial charge in [0.05, 0.1) is 28.0 Å². The van der Waals surface area contributed by atoms with E-state index in [1.54, 1.807) is 35.3 Å². The average molecular weight is 469 g/mol. The van der Waals surface area contributed by atoms with E-state index in [2.05, 4.69) is 9.97 Å². The van der Waals surface area contributed by atoms with Crippen LogP contribution < -0.4 is 5.56 Å². The molecule has 0 aliphatic rings. The average Bonchev–Trinajstić information content (AvgIpc) is 3.34. The summed E-state index contributed by atoms with van der Waals surface area (Å²) >= 11 is 1.48. The maximum absolute atomic E-state index is 14.0. The third-order valence-electron chi connectivity index (χ3n) is 5.57. The fourth-order valence-corrected chi connectivity index (χ4v) is 4.98. The zero-order valence-electron chi connectivity index (χ0n) is 18.5. The smallest absolute Gasteiger partial charge is 0.262 e. The van der Waals surface area contributed by atoms with Crippen LogP contribution in [0.1, 0.15) is 11.3 Å². The molecule has 5 rings (SSSR count). The Labute approximate surface area is 200 Å². The number of aromatic nitrogens is 4. The summed E-state index contributed by atoms with van der Waals surface area (Å²) in [7, 11) is 0. The van der Waals surface area contributed by atoms with E-state index in [1.807, 2.05) is 49.4 Å². The molecule has 3 aromatic heterocycles. The maximum Gasteiger partial charge on any atom is 0.262 e. The quantitative estimate of drug-likeness (QED) is 0.317. The van der Waals surface area contributed by atoms with Crippen LogP contribution in [0.4, 0.5) is 4.39 Å². The van der Waals surface area contributed by atoms with Gasteiger partial charge in [-0.2, -0.15) is 0 Å². The fraction of sp³-hybridized carbons (Fsp3) is 0.111. The van der Waals surface area contributed by atoms with E-state index < -0.39 is 0 Å². The summed E-state index contributed by atoms with van der Waals surface area (Å²) in [6.45, 7) is 2.25. The Balaban J connectivity index is 1.62. The number of aryl methyl sites for hydroxylation is 2. The predicted molar refractivity (Wildman–Crippen MR) is 133 cm³/mol. The minimum Gasteiger partial charge on any atom is -0.292 e. The Kier molecular flexibility index (Phi) is 6.10. The highest BCUT2D eigenvalue weighted by Crippen LogP contribution is 2.33. The first-order valence-corrected chi connectivity index (χ1v) is 11.7. The number of nitrogens with zero attached hydrogens (tertiary/aromatic N) is 4. The summed E-state index contributed by atoms with van der Waals surface area (Å²) in [6, 6.07) is 20.0. The number of hydrogen-bond donors (Lipinski definition) is 0. The van der Waals surface area contributed by atoms with E-state index >= 15 is 0 Å². The van der Waals surface area contributed by atoms with E-state index in [0.717, 1.165) is 21.0 Å². The van der Waals surface area contributed by atoms with Gasteiger partial charge in [-0.25, -0.2) is 9.37 Å².